The van der Waals surface area contributed by atoms with E-state index in [2.05, 4.69) is 0 Å². The second-order valence-electron chi connectivity index (χ2n) is 5.91. The van der Waals surface area contributed by atoms with Crippen LogP contribution in [0.3, 0.4) is 0 Å². The molecule has 3 rings (SSSR count). The monoisotopic (exact) mass is 341 g/mol. The van der Waals surface area contributed by atoms with Crippen molar-refractivity contribution in [2.75, 3.05) is 13.3 Å². The van der Waals surface area contributed by atoms with E-state index in [0.717, 1.165) is 0 Å². The van der Waals surface area contributed by atoms with Crippen molar-refractivity contribution < 1.29 is 27.8 Å². The number of ether oxygens (including phenoxy) is 2. The summed E-state index contributed by atoms with van der Waals surface area (Å²) in [5.41, 5.74) is 0.555. The van der Waals surface area contributed by atoms with Gasteiger partial charge < -0.3 is 14.6 Å². The first-order valence-electron chi connectivity index (χ1n) is 7.47. The molecule has 0 saturated carbocycles. The summed E-state index contributed by atoms with van der Waals surface area (Å²) in [6.45, 7) is 3.73. The van der Waals surface area contributed by atoms with Crippen LogP contribution in [0.1, 0.15) is 25.3 Å². The summed E-state index contributed by atoms with van der Waals surface area (Å²) in [6.07, 6.45) is 1.02. The number of hydrogen-bond acceptors (Lipinski definition) is 5. The number of rotatable bonds is 3. The van der Waals surface area contributed by atoms with Crippen molar-refractivity contribution in [2.45, 2.75) is 37.6 Å². The lowest BCUT2D eigenvalue weighted by molar-refractivity contribution is -0.144. The third kappa shape index (κ3) is 2.66. The fourth-order valence-corrected chi connectivity index (χ4v) is 5.14. The number of nitrogens with zero attached hydrogens (tertiary/aromatic N) is 1. The van der Waals surface area contributed by atoms with E-state index < -0.39 is 28.0 Å². The zero-order valence-corrected chi connectivity index (χ0v) is 13.8. The molecule has 1 aromatic carbocycles. The van der Waals surface area contributed by atoms with Gasteiger partial charge in [-0.3, -0.25) is 4.79 Å². The molecule has 2 aliphatic heterocycles. The van der Waals surface area contributed by atoms with Crippen molar-refractivity contribution in [1.29, 1.82) is 0 Å². The van der Waals surface area contributed by atoms with Gasteiger partial charge >= 0.3 is 5.97 Å². The summed E-state index contributed by atoms with van der Waals surface area (Å²) in [6, 6.07) is 2.51. The summed E-state index contributed by atoms with van der Waals surface area (Å²) in [5.74, 6) is -0.724. The molecule has 1 N–H and O–H groups in total. The molecule has 2 heterocycles. The van der Waals surface area contributed by atoms with E-state index in [0.29, 0.717) is 36.4 Å². The molecule has 2 atom stereocenters. The molecule has 0 amide bonds. The van der Waals surface area contributed by atoms with Crippen molar-refractivity contribution in [2.24, 2.45) is 5.92 Å². The molecule has 0 unspecified atom stereocenters. The third-order valence-corrected chi connectivity index (χ3v) is 6.63. The third-order valence-electron chi connectivity index (χ3n) is 4.50. The minimum Gasteiger partial charge on any atom is -0.481 e. The van der Waals surface area contributed by atoms with E-state index in [1.165, 1.54) is 10.4 Å². The van der Waals surface area contributed by atoms with Gasteiger partial charge in [0.05, 0.1) is 10.8 Å². The molecular formula is C15H19NO6S. The smallest absolute Gasteiger partial charge is 0.308 e. The number of sulfonamides is 1. The highest BCUT2D eigenvalue weighted by Crippen LogP contribution is 2.38. The first-order valence-corrected chi connectivity index (χ1v) is 8.91. The topological polar surface area (TPSA) is 93.1 Å². The summed E-state index contributed by atoms with van der Waals surface area (Å²) >= 11 is 0. The quantitative estimate of drug-likeness (QED) is 0.897. The number of aliphatic carboxylic acids is 1. The lowest BCUT2D eigenvalue weighted by Gasteiger charge is -2.36. The molecule has 2 aliphatic rings. The molecule has 1 aromatic rings. The van der Waals surface area contributed by atoms with E-state index in [1.807, 2.05) is 0 Å². The first-order chi connectivity index (χ1) is 10.8. The van der Waals surface area contributed by atoms with Gasteiger partial charge in [0.1, 0.15) is 0 Å². The zero-order valence-electron chi connectivity index (χ0n) is 13.0. The molecule has 0 aromatic heterocycles. The van der Waals surface area contributed by atoms with Crippen molar-refractivity contribution in [3.05, 3.63) is 17.7 Å². The van der Waals surface area contributed by atoms with Crippen LogP contribution in [0.4, 0.5) is 0 Å². The highest BCUT2D eigenvalue weighted by molar-refractivity contribution is 7.89. The predicted octanol–water partition coefficient (Wildman–Crippen LogP) is 1.60. The van der Waals surface area contributed by atoms with E-state index in [-0.39, 0.29) is 11.7 Å². The van der Waals surface area contributed by atoms with Gasteiger partial charge in [-0.2, -0.15) is 4.31 Å². The second-order valence-corrected chi connectivity index (χ2v) is 7.77. The fraction of sp³-hybridized carbons (Fsp3) is 0.533. The summed E-state index contributed by atoms with van der Waals surface area (Å²) in [4.78, 5) is 11.5. The van der Waals surface area contributed by atoms with Crippen molar-refractivity contribution in [1.82, 2.24) is 4.31 Å². The van der Waals surface area contributed by atoms with Crippen molar-refractivity contribution >= 4 is 16.0 Å². The average Bonchev–Trinajstić information content (AvgIpc) is 2.93. The molecule has 0 aliphatic carbocycles. The van der Waals surface area contributed by atoms with Gasteiger partial charge in [-0.05, 0) is 38.3 Å². The van der Waals surface area contributed by atoms with Crippen LogP contribution in [0.15, 0.2) is 17.0 Å². The van der Waals surface area contributed by atoms with Gasteiger partial charge in [-0.1, -0.05) is 0 Å². The molecule has 1 fully saturated rings. The number of carboxylic acid groups (broad SMARTS) is 1. The largest absolute Gasteiger partial charge is 0.481 e. The zero-order chi connectivity index (χ0) is 16.8. The second kappa shape index (κ2) is 5.68. The van der Waals surface area contributed by atoms with Gasteiger partial charge in [0, 0.05) is 18.7 Å². The van der Waals surface area contributed by atoms with Crippen LogP contribution in [-0.2, 0) is 14.8 Å². The Labute approximate surface area is 134 Å². The van der Waals surface area contributed by atoms with Crippen molar-refractivity contribution in [3.8, 4) is 11.5 Å². The number of carbonyl (C=O) groups is 1. The van der Waals surface area contributed by atoms with Crippen LogP contribution in [0.25, 0.3) is 0 Å². The highest BCUT2D eigenvalue weighted by atomic mass is 32.2. The van der Waals surface area contributed by atoms with Gasteiger partial charge in [0.25, 0.3) is 0 Å². The van der Waals surface area contributed by atoms with Crippen LogP contribution in [0, 0.1) is 12.8 Å². The van der Waals surface area contributed by atoms with Crippen LogP contribution < -0.4 is 9.47 Å². The van der Waals surface area contributed by atoms with E-state index in [9.17, 15) is 18.3 Å². The first kappa shape index (κ1) is 16.1. The lowest BCUT2D eigenvalue weighted by atomic mass is 9.92. The summed E-state index contributed by atoms with van der Waals surface area (Å²) < 4.78 is 37.9. The maximum atomic E-state index is 13.0. The van der Waals surface area contributed by atoms with Crippen LogP contribution in [-0.4, -0.2) is 43.2 Å². The fourth-order valence-electron chi connectivity index (χ4n) is 3.21. The molecule has 0 bridgehead atoms. The van der Waals surface area contributed by atoms with Crippen LogP contribution in [0.2, 0.25) is 0 Å². The molecular weight excluding hydrogens is 322 g/mol. The summed E-state index contributed by atoms with van der Waals surface area (Å²) in [7, 11) is -3.80. The van der Waals surface area contributed by atoms with E-state index >= 15 is 0 Å². The number of carboxylic acids is 1. The molecule has 0 radical (unpaired) electrons. The normalized spacial score (nSPS) is 24.6. The summed E-state index contributed by atoms with van der Waals surface area (Å²) in [5, 5.41) is 9.29. The average molecular weight is 341 g/mol. The van der Waals surface area contributed by atoms with Gasteiger partial charge in [0.15, 0.2) is 11.5 Å². The maximum absolute atomic E-state index is 13.0. The number of aryl methyl sites for hydroxylation is 1. The lowest BCUT2D eigenvalue weighted by Crippen LogP contribution is -2.49. The van der Waals surface area contributed by atoms with Crippen LogP contribution in [0.5, 0.6) is 11.5 Å². The van der Waals surface area contributed by atoms with Gasteiger partial charge in [-0.15, -0.1) is 0 Å². The highest BCUT2D eigenvalue weighted by Gasteiger charge is 2.40. The number of hydrogen-bond donors (Lipinski definition) is 1. The molecule has 7 nitrogen and oxygen atoms in total. The van der Waals surface area contributed by atoms with E-state index in [1.54, 1.807) is 19.9 Å². The Bertz CT molecular complexity index is 745. The molecule has 0 spiro atoms. The SMILES string of the molecule is Cc1cc2c(cc1S(=O)(=O)N1CCC[C@@H](C(=O)O)[C@H]1C)OCO2. The number of piperidine rings is 1. The molecule has 126 valence electrons. The standard InChI is InChI=1S/C15H19NO6S/c1-9-6-12-13(22-8-21-12)7-14(9)23(19,20)16-5-3-4-11(10(16)2)15(17)18/h6-7,10-11H,3-5,8H2,1-2H3,(H,17,18)/t10-,11-/m1/s1. The van der Waals surface area contributed by atoms with Gasteiger partial charge in [0.2, 0.25) is 16.8 Å². The predicted molar refractivity (Wildman–Crippen MR) is 81.0 cm³/mol. The molecule has 23 heavy (non-hydrogen) atoms. The number of benzene rings is 1. The Kier molecular flexibility index (Phi) is 3.97. The molecule has 1 saturated heterocycles. The van der Waals surface area contributed by atoms with Gasteiger partial charge in [-0.25, -0.2) is 8.42 Å². The van der Waals surface area contributed by atoms with Crippen molar-refractivity contribution in [3.63, 3.8) is 0 Å². The maximum Gasteiger partial charge on any atom is 0.308 e. The minimum absolute atomic E-state index is 0.0689. The Balaban J connectivity index is 2.00. The number of fused-ring (bicyclic) bond motifs is 1. The minimum atomic E-state index is -3.80. The Morgan fingerprint density at radius 1 is 1.30 bits per heavy atom. The molecule has 8 heteroatoms. The Morgan fingerprint density at radius 2 is 1.96 bits per heavy atom. The van der Waals surface area contributed by atoms with E-state index in [4.69, 9.17) is 9.47 Å². The Hall–Kier alpha value is -1.80. The van der Waals surface area contributed by atoms with Crippen LogP contribution >= 0.6 is 0 Å². The Morgan fingerprint density at radius 3 is 2.61 bits per heavy atom.